The topological polar surface area (TPSA) is 40.3 Å². The van der Waals surface area contributed by atoms with Gasteiger partial charge in [-0.15, -0.1) is 0 Å². The number of halogens is 1. The molecule has 0 amide bonds. The van der Waals surface area contributed by atoms with Crippen molar-refractivity contribution in [2.24, 2.45) is 0 Å². The van der Waals surface area contributed by atoms with Gasteiger partial charge in [-0.2, -0.15) is 0 Å². The molecule has 3 rings (SSSR count). The lowest BCUT2D eigenvalue weighted by Crippen LogP contribution is -3.00. The first-order chi connectivity index (χ1) is 11.2. The first-order valence-electron chi connectivity index (χ1n) is 8.15. The maximum absolute atomic E-state index is 11.0. The largest absolute Gasteiger partial charge is 1.00 e. The van der Waals surface area contributed by atoms with Gasteiger partial charge in [0.1, 0.15) is 18.8 Å². The lowest BCUT2D eigenvalue weighted by molar-refractivity contribution is -0.535. The molecule has 0 saturated carbocycles. The fourth-order valence-electron chi connectivity index (χ4n) is 3.07. The molecule has 0 radical (unpaired) electrons. The van der Waals surface area contributed by atoms with E-state index in [2.05, 4.69) is 47.0 Å². The van der Waals surface area contributed by atoms with Gasteiger partial charge in [-0.25, -0.2) is 4.58 Å². The molecule has 1 saturated heterocycles. The highest BCUT2D eigenvalue weighted by Gasteiger charge is 2.20. The normalized spacial score (nSPS) is 14.2. The fourth-order valence-corrected chi connectivity index (χ4v) is 3.99. The number of benzene rings is 2. The van der Waals surface area contributed by atoms with Crippen molar-refractivity contribution in [1.82, 2.24) is 0 Å². The van der Waals surface area contributed by atoms with Crippen LogP contribution in [-0.2, 0) is 11.2 Å². The van der Waals surface area contributed by atoms with Crippen LogP contribution in [0.25, 0.3) is 10.8 Å². The summed E-state index contributed by atoms with van der Waals surface area (Å²) in [6.07, 6.45) is 4.51. The predicted molar refractivity (Wildman–Crippen MR) is 96.6 cm³/mol. The second-order valence-electron chi connectivity index (χ2n) is 5.98. The Bertz CT molecular complexity index is 737. The van der Waals surface area contributed by atoms with E-state index in [0.717, 1.165) is 19.5 Å². The van der Waals surface area contributed by atoms with Gasteiger partial charge in [0.25, 0.3) is 0 Å². The molecule has 5 heteroatoms. The van der Waals surface area contributed by atoms with E-state index in [1.165, 1.54) is 52.4 Å². The Morgan fingerprint density at radius 2 is 1.75 bits per heavy atom. The molecule has 0 unspecified atom stereocenters. The minimum Gasteiger partial charge on any atom is -1.00 e. The number of hydrogen-bond donors (Lipinski definition) is 1. The molecule has 2 aromatic carbocycles. The van der Waals surface area contributed by atoms with E-state index in [9.17, 15) is 4.79 Å². The molecule has 2 aromatic rings. The zero-order valence-electron chi connectivity index (χ0n) is 13.6. The molecule has 3 nitrogen and oxygen atoms in total. The molecular weight excluding hydrogens is 386 g/mol. The van der Waals surface area contributed by atoms with Crippen LogP contribution < -0.4 is 17.0 Å². The highest BCUT2D eigenvalue weighted by Crippen LogP contribution is 2.19. The van der Waals surface area contributed by atoms with Crippen LogP contribution >= 0.6 is 11.8 Å². The van der Waals surface area contributed by atoms with Crippen molar-refractivity contribution in [2.45, 2.75) is 25.7 Å². The Kier molecular flexibility index (Phi) is 7.31. The molecule has 1 N–H and O–H groups in total. The van der Waals surface area contributed by atoms with Crippen LogP contribution in [-0.4, -0.2) is 39.5 Å². The number of carbonyl (C=O) groups is 1. The summed E-state index contributed by atoms with van der Waals surface area (Å²) in [6, 6.07) is 14.9. The van der Waals surface area contributed by atoms with Gasteiger partial charge in [-0.1, -0.05) is 54.2 Å². The van der Waals surface area contributed by atoms with E-state index >= 15 is 0 Å². The van der Waals surface area contributed by atoms with Crippen molar-refractivity contribution in [3.8, 4) is 0 Å². The number of rotatable bonds is 4. The summed E-state index contributed by atoms with van der Waals surface area (Å²) in [4.78, 5) is 11.0. The van der Waals surface area contributed by atoms with Gasteiger partial charge in [-0.05, 0) is 22.8 Å². The fraction of sp³-hybridized carbons (Fsp3) is 0.368. The smallest absolute Gasteiger partial charge is 0.314 e. The Labute approximate surface area is 157 Å². The predicted octanol–water partition coefficient (Wildman–Crippen LogP) is 0.799. The van der Waals surface area contributed by atoms with Crippen molar-refractivity contribution >= 4 is 33.5 Å². The van der Waals surface area contributed by atoms with E-state index in [1.807, 2.05) is 0 Å². The van der Waals surface area contributed by atoms with Crippen LogP contribution in [0.4, 0.5) is 0 Å². The molecule has 1 aliphatic heterocycles. The molecular formula is C19H22BrNO2S. The van der Waals surface area contributed by atoms with Gasteiger partial charge in [0.15, 0.2) is 0 Å². The molecule has 0 atom stereocenters. The molecule has 0 spiro atoms. The number of thioether (sulfide) groups is 1. The number of nitrogens with zero attached hydrogens (tertiary/aromatic N) is 1. The average Bonchev–Trinajstić information content (AvgIpc) is 2.59. The van der Waals surface area contributed by atoms with Gasteiger partial charge < -0.3 is 22.1 Å². The summed E-state index contributed by atoms with van der Waals surface area (Å²) in [5.74, 6) is -0.609. The molecule has 1 heterocycles. The average molecular weight is 408 g/mol. The molecule has 128 valence electrons. The third kappa shape index (κ3) is 5.08. The Hall–Kier alpha value is -1.33. The summed E-state index contributed by atoms with van der Waals surface area (Å²) >= 11 is 1.48. The van der Waals surface area contributed by atoms with Crippen LogP contribution in [0.3, 0.4) is 0 Å². The van der Waals surface area contributed by atoms with Crippen LogP contribution in [0.15, 0.2) is 42.5 Å². The SMILES string of the molecule is O=C(O)CSC(Cc1ccc2ccccc2c1)=[N+]1CCCCC1.[Br-]. The van der Waals surface area contributed by atoms with Crippen LogP contribution in [0.1, 0.15) is 24.8 Å². The maximum atomic E-state index is 11.0. The summed E-state index contributed by atoms with van der Waals surface area (Å²) < 4.78 is 2.38. The number of carboxylic acids is 1. The minimum absolute atomic E-state index is 0. The van der Waals surface area contributed by atoms with E-state index in [0.29, 0.717) is 0 Å². The summed E-state index contributed by atoms with van der Waals surface area (Å²) in [7, 11) is 0. The van der Waals surface area contributed by atoms with Crippen molar-refractivity contribution in [1.29, 1.82) is 0 Å². The van der Waals surface area contributed by atoms with Gasteiger partial charge in [0, 0.05) is 12.8 Å². The Morgan fingerprint density at radius 3 is 2.46 bits per heavy atom. The van der Waals surface area contributed by atoms with E-state index < -0.39 is 5.97 Å². The molecule has 1 aliphatic rings. The van der Waals surface area contributed by atoms with Crippen LogP contribution in [0.5, 0.6) is 0 Å². The zero-order chi connectivity index (χ0) is 16.1. The summed E-state index contributed by atoms with van der Waals surface area (Å²) in [5.41, 5.74) is 1.25. The first-order valence-corrected chi connectivity index (χ1v) is 9.14. The van der Waals surface area contributed by atoms with Crippen molar-refractivity contribution in [3.05, 3.63) is 48.0 Å². The van der Waals surface area contributed by atoms with Crippen LogP contribution in [0, 0.1) is 0 Å². The number of aliphatic carboxylic acids is 1. The van der Waals surface area contributed by atoms with Crippen molar-refractivity contribution in [2.75, 3.05) is 18.8 Å². The number of hydrogen-bond acceptors (Lipinski definition) is 2. The third-order valence-electron chi connectivity index (χ3n) is 4.24. The Morgan fingerprint density at radius 1 is 1.04 bits per heavy atom. The van der Waals surface area contributed by atoms with E-state index in [4.69, 9.17) is 5.11 Å². The number of piperidine rings is 1. The third-order valence-corrected chi connectivity index (χ3v) is 5.37. The zero-order valence-corrected chi connectivity index (χ0v) is 16.0. The second-order valence-corrected chi connectivity index (χ2v) is 7.03. The highest BCUT2D eigenvalue weighted by atomic mass is 79.9. The van der Waals surface area contributed by atoms with Crippen LogP contribution in [0.2, 0.25) is 0 Å². The van der Waals surface area contributed by atoms with Gasteiger partial charge in [0.05, 0.1) is 6.42 Å². The van der Waals surface area contributed by atoms with Gasteiger partial charge >= 0.3 is 5.97 Å². The van der Waals surface area contributed by atoms with Crippen molar-refractivity contribution < 1.29 is 31.5 Å². The molecule has 24 heavy (non-hydrogen) atoms. The number of carboxylic acid groups (broad SMARTS) is 1. The number of fused-ring (bicyclic) bond motifs is 1. The first kappa shape index (κ1) is 19.0. The summed E-state index contributed by atoms with van der Waals surface area (Å²) in [6.45, 7) is 2.10. The lowest BCUT2D eigenvalue weighted by atomic mass is 10.1. The lowest BCUT2D eigenvalue weighted by Gasteiger charge is -2.14. The van der Waals surface area contributed by atoms with E-state index in [1.54, 1.807) is 0 Å². The van der Waals surface area contributed by atoms with Crippen molar-refractivity contribution in [3.63, 3.8) is 0 Å². The van der Waals surface area contributed by atoms with Gasteiger partial charge in [-0.3, -0.25) is 4.79 Å². The quantitative estimate of drug-likeness (QED) is 0.601. The monoisotopic (exact) mass is 407 g/mol. The van der Waals surface area contributed by atoms with Gasteiger partial charge in [0.2, 0.25) is 5.04 Å². The molecule has 0 aliphatic carbocycles. The highest BCUT2D eigenvalue weighted by molar-refractivity contribution is 8.14. The molecule has 1 fully saturated rings. The molecule has 0 bridgehead atoms. The molecule has 0 aromatic heterocycles. The minimum atomic E-state index is -0.747. The second kappa shape index (κ2) is 9.23. The Balaban J connectivity index is 0.00000208. The summed E-state index contributed by atoms with van der Waals surface area (Å²) in [5, 5.41) is 12.7. The maximum Gasteiger partial charge on any atom is 0.314 e. The van der Waals surface area contributed by atoms with E-state index in [-0.39, 0.29) is 22.7 Å². The standard InChI is InChI=1S/C19H21NO2S.BrH/c21-19(22)14-23-18(20-10-4-1-5-11-20)13-15-8-9-16-6-2-3-7-17(16)12-15;/h2-3,6-9,12H,1,4-5,10-11,13-14H2;1H.